The largest absolute Gasteiger partial charge is 0.377 e. The molecule has 16 heavy (non-hydrogen) atoms. The minimum Gasteiger partial charge on any atom is -0.377 e. The van der Waals surface area contributed by atoms with Crippen molar-refractivity contribution in [2.24, 2.45) is 5.41 Å². The van der Waals surface area contributed by atoms with Gasteiger partial charge in [-0.3, -0.25) is 0 Å². The molecule has 2 atom stereocenters. The lowest BCUT2D eigenvalue weighted by molar-refractivity contribution is -0.000557. The molecule has 0 spiro atoms. The van der Waals surface area contributed by atoms with Crippen LogP contribution in [0.3, 0.4) is 0 Å². The third-order valence-corrected chi connectivity index (χ3v) is 3.11. The van der Waals surface area contributed by atoms with Gasteiger partial charge in [0.25, 0.3) is 0 Å². The molecular formula is C13H27NO2. The number of hydrogen-bond acceptors (Lipinski definition) is 3. The first-order valence-corrected chi connectivity index (χ1v) is 6.46. The van der Waals surface area contributed by atoms with E-state index in [0.717, 1.165) is 32.8 Å². The second-order valence-electron chi connectivity index (χ2n) is 5.65. The highest BCUT2D eigenvalue weighted by molar-refractivity contribution is 4.80. The summed E-state index contributed by atoms with van der Waals surface area (Å²) in [5, 5.41) is 3.48. The van der Waals surface area contributed by atoms with Gasteiger partial charge in [-0.1, -0.05) is 27.7 Å². The summed E-state index contributed by atoms with van der Waals surface area (Å²) < 4.78 is 11.3. The molecule has 0 amide bonds. The van der Waals surface area contributed by atoms with Gasteiger partial charge in [0.15, 0.2) is 0 Å². The summed E-state index contributed by atoms with van der Waals surface area (Å²) in [4.78, 5) is 0. The lowest BCUT2D eigenvalue weighted by Gasteiger charge is -2.31. The van der Waals surface area contributed by atoms with E-state index < -0.39 is 0 Å². The van der Waals surface area contributed by atoms with Gasteiger partial charge in [-0.2, -0.15) is 0 Å². The van der Waals surface area contributed by atoms with Crippen LogP contribution in [0.25, 0.3) is 0 Å². The lowest BCUT2D eigenvalue weighted by atomic mass is 9.87. The summed E-state index contributed by atoms with van der Waals surface area (Å²) in [7, 11) is 0. The van der Waals surface area contributed by atoms with Crippen LogP contribution in [-0.4, -0.2) is 38.5 Å². The Morgan fingerprint density at radius 2 is 2.19 bits per heavy atom. The Hall–Kier alpha value is -0.120. The molecule has 0 aromatic rings. The third kappa shape index (κ3) is 4.81. The normalized spacial score (nSPS) is 23.6. The first-order chi connectivity index (χ1) is 7.54. The molecule has 1 rings (SSSR count). The maximum Gasteiger partial charge on any atom is 0.0809 e. The monoisotopic (exact) mass is 229 g/mol. The van der Waals surface area contributed by atoms with Crippen LogP contribution in [-0.2, 0) is 9.47 Å². The van der Waals surface area contributed by atoms with Gasteiger partial charge in [-0.05, 0) is 24.8 Å². The van der Waals surface area contributed by atoms with Crippen LogP contribution in [0.1, 0.15) is 40.5 Å². The summed E-state index contributed by atoms with van der Waals surface area (Å²) in [6.07, 6.45) is 2.67. The number of rotatable bonds is 6. The Kier molecular flexibility index (Phi) is 5.73. The minimum atomic E-state index is 0.243. The molecule has 1 saturated heterocycles. The van der Waals surface area contributed by atoms with E-state index in [4.69, 9.17) is 9.47 Å². The van der Waals surface area contributed by atoms with E-state index in [1.165, 1.54) is 6.42 Å². The Bertz CT molecular complexity index is 183. The molecule has 0 bridgehead atoms. The van der Waals surface area contributed by atoms with E-state index >= 15 is 0 Å². The Morgan fingerprint density at radius 3 is 2.69 bits per heavy atom. The van der Waals surface area contributed by atoms with Crippen LogP contribution in [0, 0.1) is 5.41 Å². The fraction of sp³-hybridized carbons (Fsp3) is 1.00. The molecule has 2 unspecified atom stereocenters. The smallest absolute Gasteiger partial charge is 0.0809 e. The molecule has 1 aliphatic rings. The Morgan fingerprint density at radius 1 is 1.44 bits per heavy atom. The van der Waals surface area contributed by atoms with Crippen LogP contribution in [0.15, 0.2) is 0 Å². The molecule has 0 aliphatic carbocycles. The first kappa shape index (κ1) is 13.9. The van der Waals surface area contributed by atoms with Crippen LogP contribution in [0.5, 0.6) is 0 Å². The molecule has 96 valence electrons. The zero-order chi connectivity index (χ0) is 12.0. The topological polar surface area (TPSA) is 30.5 Å². The van der Waals surface area contributed by atoms with Gasteiger partial charge in [0.05, 0.1) is 19.3 Å². The first-order valence-electron chi connectivity index (χ1n) is 6.46. The molecule has 0 radical (unpaired) electrons. The van der Waals surface area contributed by atoms with Crippen LogP contribution < -0.4 is 5.32 Å². The van der Waals surface area contributed by atoms with Crippen molar-refractivity contribution in [2.75, 3.05) is 26.4 Å². The minimum absolute atomic E-state index is 0.243. The summed E-state index contributed by atoms with van der Waals surface area (Å²) in [5.74, 6) is 0. The summed E-state index contributed by atoms with van der Waals surface area (Å²) in [5.41, 5.74) is 0.243. The van der Waals surface area contributed by atoms with Gasteiger partial charge in [-0.15, -0.1) is 0 Å². The standard InChI is InChI=1S/C13H27NO2/c1-5-14-12(13(2,3)4)10-15-9-11-7-6-8-16-11/h11-12,14H,5-10H2,1-4H3. The van der Waals surface area contributed by atoms with Crippen molar-refractivity contribution in [1.82, 2.24) is 5.32 Å². The average molecular weight is 229 g/mol. The van der Waals surface area contributed by atoms with E-state index in [-0.39, 0.29) is 5.41 Å². The second-order valence-corrected chi connectivity index (χ2v) is 5.65. The van der Waals surface area contributed by atoms with Gasteiger partial charge in [-0.25, -0.2) is 0 Å². The molecule has 0 aromatic heterocycles. The van der Waals surface area contributed by atoms with E-state index in [2.05, 4.69) is 33.0 Å². The zero-order valence-corrected chi connectivity index (χ0v) is 11.2. The average Bonchev–Trinajstić information content (AvgIpc) is 2.67. The number of ether oxygens (including phenoxy) is 2. The second kappa shape index (κ2) is 6.58. The van der Waals surface area contributed by atoms with Crippen LogP contribution in [0.4, 0.5) is 0 Å². The molecule has 1 heterocycles. The van der Waals surface area contributed by atoms with Gasteiger partial charge in [0.1, 0.15) is 0 Å². The SMILES string of the molecule is CCNC(COCC1CCCO1)C(C)(C)C. The van der Waals surface area contributed by atoms with Crippen molar-refractivity contribution in [2.45, 2.75) is 52.7 Å². The maximum atomic E-state index is 5.77. The summed E-state index contributed by atoms with van der Waals surface area (Å²) >= 11 is 0. The quantitative estimate of drug-likeness (QED) is 0.757. The molecule has 1 N–H and O–H groups in total. The Labute approximate surface area is 99.9 Å². The van der Waals surface area contributed by atoms with Crippen molar-refractivity contribution < 1.29 is 9.47 Å². The van der Waals surface area contributed by atoms with Gasteiger partial charge >= 0.3 is 0 Å². The fourth-order valence-corrected chi connectivity index (χ4v) is 1.95. The van der Waals surface area contributed by atoms with Crippen molar-refractivity contribution in [3.63, 3.8) is 0 Å². The van der Waals surface area contributed by atoms with Crippen molar-refractivity contribution in [3.8, 4) is 0 Å². The van der Waals surface area contributed by atoms with Crippen LogP contribution >= 0.6 is 0 Å². The van der Waals surface area contributed by atoms with Crippen molar-refractivity contribution in [3.05, 3.63) is 0 Å². The number of hydrogen-bond donors (Lipinski definition) is 1. The molecule has 1 aliphatic heterocycles. The summed E-state index contributed by atoms with van der Waals surface area (Å²) in [6, 6.07) is 0.416. The molecular weight excluding hydrogens is 202 g/mol. The van der Waals surface area contributed by atoms with E-state index in [9.17, 15) is 0 Å². The van der Waals surface area contributed by atoms with E-state index in [1.807, 2.05) is 0 Å². The van der Waals surface area contributed by atoms with Crippen molar-refractivity contribution in [1.29, 1.82) is 0 Å². The molecule has 0 aromatic carbocycles. The third-order valence-electron chi connectivity index (χ3n) is 3.11. The highest BCUT2D eigenvalue weighted by Gasteiger charge is 2.24. The van der Waals surface area contributed by atoms with Gasteiger partial charge < -0.3 is 14.8 Å². The predicted octanol–water partition coefficient (Wildman–Crippen LogP) is 2.21. The van der Waals surface area contributed by atoms with Crippen LogP contribution in [0.2, 0.25) is 0 Å². The lowest BCUT2D eigenvalue weighted by Crippen LogP contribution is -2.44. The number of likely N-dealkylation sites (N-methyl/N-ethyl adjacent to an activating group) is 1. The zero-order valence-electron chi connectivity index (χ0n) is 11.2. The molecule has 3 nitrogen and oxygen atoms in total. The highest BCUT2D eigenvalue weighted by atomic mass is 16.5. The fourth-order valence-electron chi connectivity index (χ4n) is 1.95. The van der Waals surface area contributed by atoms with E-state index in [1.54, 1.807) is 0 Å². The maximum absolute atomic E-state index is 5.77. The molecule has 3 heteroatoms. The highest BCUT2D eigenvalue weighted by Crippen LogP contribution is 2.20. The van der Waals surface area contributed by atoms with Crippen molar-refractivity contribution >= 4 is 0 Å². The summed E-state index contributed by atoms with van der Waals surface area (Å²) in [6.45, 7) is 12.3. The molecule has 0 saturated carbocycles. The van der Waals surface area contributed by atoms with Gasteiger partial charge in [0.2, 0.25) is 0 Å². The predicted molar refractivity (Wildman–Crippen MR) is 66.7 cm³/mol. The Balaban J connectivity index is 2.21. The molecule has 1 fully saturated rings. The van der Waals surface area contributed by atoms with Gasteiger partial charge in [0, 0.05) is 12.6 Å². The number of nitrogens with one attached hydrogen (secondary N) is 1. The van der Waals surface area contributed by atoms with E-state index in [0.29, 0.717) is 12.1 Å².